The Bertz CT molecular complexity index is 537. The fourth-order valence-electron chi connectivity index (χ4n) is 2.41. The molecule has 1 atom stereocenters. The van der Waals surface area contributed by atoms with Crippen LogP contribution in [0.5, 0.6) is 0 Å². The summed E-state index contributed by atoms with van der Waals surface area (Å²) in [5.41, 5.74) is 12.8. The number of hydrogen-bond acceptors (Lipinski definition) is 5. The number of nitrogens with two attached hydrogens (primary N) is 2. The zero-order valence-electron chi connectivity index (χ0n) is 14.0. The van der Waals surface area contributed by atoms with E-state index in [1.165, 1.54) is 5.56 Å². The molecule has 5 N–H and O–H groups in total. The van der Waals surface area contributed by atoms with Gasteiger partial charge in [0.1, 0.15) is 0 Å². The Kier molecular flexibility index (Phi) is 11.4. The van der Waals surface area contributed by atoms with Gasteiger partial charge in [0.15, 0.2) is 0 Å². The number of benzene rings is 1. The van der Waals surface area contributed by atoms with Crippen LogP contribution in [0.4, 0.5) is 0 Å². The predicted octanol–water partition coefficient (Wildman–Crippen LogP) is 0.181. The molecule has 0 aliphatic carbocycles. The Balaban J connectivity index is 0.00000288. The lowest BCUT2D eigenvalue weighted by atomic mass is 10.1. The quantitative estimate of drug-likeness (QED) is 0.612. The molecule has 25 heavy (non-hydrogen) atoms. The number of carbonyl (C=O) groups excluding carboxylic acids is 2. The van der Waals surface area contributed by atoms with E-state index in [0.29, 0.717) is 6.54 Å². The molecule has 0 aromatic heterocycles. The van der Waals surface area contributed by atoms with E-state index in [2.05, 4.69) is 22.3 Å². The van der Waals surface area contributed by atoms with Crippen LogP contribution in [-0.2, 0) is 27.4 Å². The summed E-state index contributed by atoms with van der Waals surface area (Å²) in [6.45, 7) is 4.76. The number of hydrogen-bond donors (Lipinski definition) is 3. The second-order valence-corrected chi connectivity index (χ2v) is 5.70. The van der Waals surface area contributed by atoms with Gasteiger partial charge in [-0.1, -0.05) is 24.3 Å². The maximum Gasteiger partial charge on any atom is 0.237 e. The van der Waals surface area contributed by atoms with Gasteiger partial charge in [0.2, 0.25) is 11.8 Å². The van der Waals surface area contributed by atoms with Crippen molar-refractivity contribution in [1.82, 2.24) is 10.2 Å². The largest absolute Gasteiger partial charge is 0.379 e. The summed E-state index contributed by atoms with van der Waals surface area (Å²) in [6.07, 6.45) is -0.148. The third-order valence-corrected chi connectivity index (χ3v) is 3.76. The zero-order chi connectivity index (χ0) is 16.7. The summed E-state index contributed by atoms with van der Waals surface area (Å²) < 4.78 is 5.33. The molecule has 2 amide bonds. The lowest BCUT2D eigenvalue weighted by molar-refractivity contribution is -0.126. The van der Waals surface area contributed by atoms with E-state index in [9.17, 15) is 9.59 Å². The van der Waals surface area contributed by atoms with Gasteiger partial charge >= 0.3 is 0 Å². The van der Waals surface area contributed by atoms with Crippen molar-refractivity contribution < 1.29 is 14.3 Å². The number of morpholine rings is 1. The van der Waals surface area contributed by atoms with Crippen molar-refractivity contribution in [2.75, 3.05) is 26.3 Å². The first-order chi connectivity index (χ1) is 11.0. The second kappa shape index (κ2) is 12.1. The maximum absolute atomic E-state index is 11.7. The van der Waals surface area contributed by atoms with Crippen LogP contribution in [0, 0.1) is 0 Å². The molecule has 7 nitrogen and oxygen atoms in total. The second-order valence-electron chi connectivity index (χ2n) is 5.70. The van der Waals surface area contributed by atoms with E-state index >= 15 is 0 Å². The lowest BCUT2D eigenvalue weighted by Crippen LogP contribution is -2.42. The number of primary amides is 1. The van der Waals surface area contributed by atoms with Crippen LogP contribution >= 0.6 is 24.8 Å². The molecule has 1 fully saturated rings. The van der Waals surface area contributed by atoms with Crippen molar-refractivity contribution in [1.29, 1.82) is 0 Å². The normalized spacial score (nSPS) is 15.4. The monoisotopic (exact) mass is 392 g/mol. The van der Waals surface area contributed by atoms with Gasteiger partial charge in [-0.15, -0.1) is 24.8 Å². The molecule has 1 aromatic carbocycles. The van der Waals surface area contributed by atoms with Crippen molar-refractivity contribution in [3.8, 4) is 0 Å². The first kappa shape index (κ1) is 23.6. The fraction of sp³-hybridized carbons (Fsp3) is 0.500. The van der Waals surface area contributed by atoms with E-state index in [1.807, 2.05) is 12.1 Å². The summed E-state index contributed by atoms with van der Waals surface area (Å²) in [7, 11) is 0. The van der Waals surface area contributed by atoms with Gasteiger partial charge in [-0.3, -0.25) is 14.5 Å². The van der Waals surface area contributed by atoms with Gasteiger partial charge in [0.25, 0.3) is 0 Å². The summed E-state index contributed by atoms with van der Waals surface area (Å²) in [6, 6.07) is 7.18. The Hall–Kier alpha value is -1.38. The Morgan fingerprint density at radius 1 is 1.12 bits per heavy atom. The minimum absolute atomic E-state index is 0. The molecule has 1 aliphatic heterocycles. The maximum atomic E-state index is 11.7. The molecular formula is C16H26Cl2N4O3. The molecule has 9 heteroatoms. The molecular weight excluding hydrogens is 367 g/mol. The average Bonchev–Trinajstić information content (AvgIpc) is 2.54. The van der Waals surface area contributed by atoms with Gasteiger partial charge in [-0.2, -0.15) is 0 Å². The van der Waals surface area contributed by atoms with Gasteiger partial charge in [-0.25, -0.2) is 0 Å². The molecule has 1 saturated heterocycles. The molecule has 1 heterocycles. The van der Waals surface area contributed by atoms with Crippen LogP contribution < -0.4 is 16.8 Å². The van der Waals surface area contributed by atoms with Crippen molar-refractivity contribution in [3.05, 3.63) is 35.4 Å². The fourth-order valence-corrected chi connectivity index (χ4v) is 2.41. The molecule has 0 bridgehead atoms. The van der Waals surface area contributed by atoms with E-state index in [-0.39, 0.29) is 37.1 Å². The van der Waals surface area contributed by atoms with E-state index in [0.717, 1.165) is 38.4 Å². The van der Waals surface area contributed by atoms with E-state index in [4.69, 9.17) is 16.2 Å². The van der Waals surface area contributed by atoms with Crippen molar-refractivity contribution in [2.45, 2.75) is 25.6 Å². The molecule has 142 valence electrons. The van der Waals surface area contributed by atoms with Crippen molar-refractivity contribution in [3.63, 3.8) is 0 Å². The van der Waals surface area contributed by atoms with Crippen LogP contribution in [0.1, 0.15) is 17.5 Å². The molecule has 0 saturated carbocycles. The lowest BCUT2D eigenvalue weighted by Gasteiger charge is -2.26. The molecule has 1 aliphatic rings. The number of nitrogens with zero attached hydrogens (tertiary/aromatic N) is 1. The Morgan fingerprint density at radius 3 is 2.24 bits per heavy atom. The third kappa shape index (κ3) is 8.51. The van der Waals surface area contributed by atoms with Crippen LogP contribution in [0.25, 0.3) is 0 Å². The van der Waals surface area contributed by atoms with Crippen LogP contribution in [0.15, 0.2) is 24.3 Å². The Labute approximate surface area is 160 Å². The highest BCUT2D eigenvalue weighted by Gasteiger charge is 2.15. The summed E-state index contributed by atoms with van der Waals surface area (Å²) in [4.78, 5) is 24.8. The van der Waals surface area contributed by atoms with Gasteiger partial charge in [-0.05, 0) is 11.1 Å². The minimum Gasteiger partial charge on any atom is -0.379 e. The molecule has 0 radical (unpaired) electrons. The smallest absolute Gasteiger partial charge is 0.237 e. The SMILES string of the molecule is Cl.Cl.NC(=O)CC(N)C(=O)NCc1ccc(CN2CCOCC2)cc1. The highest BCUT2D eigenvalue weighted by molar-refractivity contribution is 5.87. The van der Waals surface area contributed by atoms with Gasteiger partial charge < -0.3 is 21.5 Å². The van der Waals surface area contributed by atoms with Gasteiger partial charge in [0.05, 0.1) is 25.7 Å². The number of nitrogens with one attached hydrogen (secondary N) is 1. The predicted molar refractivity (Wildman–Crippen MR) is 101 cm³/mol. The number of rotatable bonds is 7. The summed E-state index contributed by atoms with van der Waals surface area (Å²) >= 11 is 0. The average molecular weight is 393 g/mol. The standard InChI is InChI=1S/C16H24N4O3.2ClH/c17-14(9-15(18)21)16(22)19-10-12-1-3-13(4-2-12)11-20-5-7-23-8-6-20;;/h1-4,14H,5-11,17H2,(H2,18,21)(H,19,22);2*1H. The van der Waals surface area contributed by atoms with Crippen LogP contribution in [0.2, 0.25) is 0 Å². The molecule has 1 aromatic rings. The number of amides is 2. The summed E-state index contributed by atoms with van der Waals surface area (Å²) in [5, 5.41) is 2.71. The van der Waals surface area contributed by atoms with Crippen molar-refractivity contribution in [2.24, 2.45) is 11.5 Å². The van der Waals surface area contributed by atoms with Crippen LogP contribution in [0.3, 0.4) is 0 Å². The highest BCUT2D eigenvalue weighted by atomic mass is 35.5. The molecule has 0 spiro atoms. The highest BCUT2D eigenvalue weighted by Crippen LogP contribution is 2.09. The van der Waals surface area contributed by atoms with Crippen molar-refractivity contribution >= 4 is 36.6 Å². The first-order valence-electron chi connectivity index (χ1n) is 7.74. The third-order valence-electron chi connectivity index (χ3n) is 3.76. The minimum atomic E-state index is -0.895. The van der Waals surface area contributed by atoms with Crippen LogP contribution in [-0.4, -0.2) is 49.1 Å². The molecule has 1 unspecified atom stereocenters. The number of carbonyl (C=O) groups is 2. The molecule has 2 rings (SSSR count). The summed E-state index contributed by atoms with van der Waals surface area (Å²) in [5.74, 6) is -0.957. The first-order valence-corrected chi connectivity index (χ1v) is 7.74. The topological polar surface area (TPSA) is 111 Å². The van der Waals surface area contributed by atoms with E-state index < -0.39 is 11.9 Å². The van der Waals surface area contributed by atoms with Gasteiger partial charge in [0, 0.05) is 26.2 Å². The zero-order valence-corrected chi connectivity index (χ0v) is 15.6. The Morgan fingerprint density at radius 2 is 1.68 bits per heavy atom. The number of halogens is 2. The number of ether oxygens (including phenoxy) is 1. The van der Waals surface area contributed by atoms with E-state index in [1.54, 1.807) is 0 Å².